The SMILES string of the molecule is CC(CCc1ccc(O)cc1)NCCCC(F)(F)F. The van der Waals surface area contributed by atoms with Gasteiger partial charge >= 0.3 is 6.18 Å². The molecule has 19 heavy (non-hydrogen) atoms. The van der Waals surface area contributed by atoms with Crippen LogP contribution in [0.5, 0.6) is 5.75 Å². The van der Waals surface area contributed by atoms with E-state index in [4.69, 9.17) is 5.11 Å². The Balaban J connectivity index is 2.14. The van der Waals surface area contributed by atoms with Crippen LogP contribution >= 0.6 is 0 Å². The first kappa shape index (κ1) is 15.8. The number of aromatic hydroxyl groups is 1. The van der Waals surface area contributed by atoms with Crippen molar-refractivity contribution in [2.45, 2.75) is 44.8 Å². The van der Waals surface area contributed by atoms with Crippen LogP contribution in [0.15, 0.2) is 24.3 Å². The maximum absolute atomic E-state index is 11.9. The molecule has 0 radical (unpaired) electrons. The summed E-state index contributed by atoms with van der Waals surface area (Å²) in [6.45, 7) is 2.35. The number of benzene rings is 1. The predicted octanol–water partition coefficient (Wildman–Crippen LogP) is 3.65. The number of aryl methyl sites for hydroxylation is 1. The van der Waals surface area contributed by atoms with E-state index in [1.807, 2.05) is 19.1 Å². The Hall–Kier alpha value is -1.23. The molecular formula is C14H20F3NO. The second-order valence-electron chi connectivity index (χ2n) is 4.78. The smallest absolute Gasteiger partial charge is 0.389 e. The van der Waals surface area contributed by atoms with Crippen LogP contribution in [0, 0.1) is 0 Å². The molecule has 0 aromatic heterocycles. The summed E-state index contributed by atoms with van der Waals surface area (Å²) < 4.78 is 35.8. The Kier molecular flexibility index (Phi) is 6.15. The molecule has 0 amide bonds. The number of rotatable bonds is 7. The molecule has 0 bridgehead atoms. The zero-order chi connectivity index (χ0) is 14.3. The van der Waals surface area contributed by atoms with E-state index in [0.29, 0.717) is 6.54 Å². The van der Waals surface area contributed by atoms with E-state index < -0.39 is 12.6 Å². The highest BCUT2D eigenvalue weighted by molar-refractivity contribution is 5.25. The van der Waals surface area contributed by atoms with Crippen LogP contribution < -0.4 is 5.32 Å². The number of phenolic OH excluding ortho intramolecular Hbond substituents is 1. The monoisotopic (exact) mass is 275 g/mol. The number of phenols is 1. The van der Waals surface area contributed by atoms with Gasteiger partial charge in [-0.05, 0) is 50.4 Å². The number of alkyl halides is 3. The van der Waals surface area contributed by atoms with Crippen LogP contribution in [-0.2, 0) is 6.42 Å². The maximum Gasteiger partial charge on any atom is 0.389 e. The third kappa shape index (κ3) is 7.72. The molecule has 0 aliphatic heterocycles. The van der Waals surface area contributed by atoms with Gasteiger partial charge in [-0.25, -0.2) is 0 Å². The molecule has 1 aromatic rings. The molecule has 1 atom stereocenters. The average Bonchev–Trinajstić information content (AvgIpc) is 2.33. The minimum atomic E-state index is -4.06. The van der Waals surface area contributed by atoms with Crippen molar-refractivity contribution in [2.75, 3.05) is 6.54 Å². The van der Waals surface area contributed by atoms with E-state index in [0.717, 1.165) is 18.4 Å². The minimum Gasteiger partial charge on any atom is -0.508 e. The van der Waals surface area contributed by atoms with Crippen LogP contribution in [0.1, 0.15) is 31.7 Å². The molecule has 0 aliphatic carbocycles. The third-order valence-electron chi connectivity index (χ3n) is 2.93. The second kappa shape index (κ2) is 7.38. The first-order valence-corrected chi connectivity index (χ1v) is 6.45. The van der Waals surface area contributed by atoms with Gasteiger partial charge in [0.05, 0.1) is 0 Å². The highest BCUT2D eigenvalue weighted by Crippen LogP contribution is 2.20. The van der Waals surface area contributed by atoms with Crippen LogP contribution in [0.4, 0.5) is 13.2 Å². The summed E-state index contributed by atoms with van der Waals surface area (Å²) in [5, 5.41) is 12.2. The molecular weight excluding hydrogens is 255 g/mol. The van der Waals surface area contributed by atoms with Crippen LogP contribution in [0.2, 0.25) is 0 Å². The van der Waals surface area contributed by atoms with Crippen molar-refractivity contribution in [1.82, 2.24) is 5.32 Å². The number of hydrogen-bond donors (Lipinski definition) is 2. The van der Waals surface area contributed by atoms with Crippen molar-refractivity contribution < 1.29 is 18.3 Å². The fraction of sp³-hybridized carbons (Fsp3) is 0.571. The first-order valence-electron chi connectivity index (χ1n) is 6.45. The van der Waals surface area contributed by atoms with Crippen molar-refractivity contribution in [3.63, 3.8) is 0 Å². The first-order chi connectivity index (χ1) is 8.87. The fourth-order valence-corrected chi connectivity index (χ4v) is 1.79. The standard InChI is InChI=1S/C14H20F3NO/c1-11(18-10-2-9-14(15,16)17)3-4-12-5-7-13(19)8-6-12/h5-8,11,18-19H,2-4,9-10H2,1H3. The van der Waals surface area contributed by atoms with Gasteiger partial charge in [0.15, 0.2) is 0 Å². The van der Waals surface area contributed by atoms with Crippen LogP contribution in [0.3, 0.4) is 0 Å². The highest BCUT2D eigenvalue weighted by atomic mass is 19.4. The lowest BCUT2D eigenvalue weighted by Crippen LogP contribution is -2.28. The summed E-state index contributed by atoms with van der Waals surface area (Å²) in [5.41, 5.74) is 1.11. The molecule has 0 heterocycles. The Bertz CT molecular complexity index is 362. The molecule has 1 unspecified atom stereocenters. The Morgan fingerprint density at radius 3 is 2.42 bits per heavy atom. The summed E-state index contributed by atoms with van der Waals surface area (Å²) in [7, 11) is 0. The van der Waals surface area contributed by atoms with E-state index in [-0.39, 0.29) is 18.2 Å². The van der Waals surface area contributed by atoms with E-state index in [1.165, 1.54) is 0 Å². The van der Waals surface area contributed by atoms with Gasteiger partial charge in [0.2, 0.25) is 0 Å². The van der Waals surface area contributed by atoms with Gasteiger partial charge in [0.25, 0.3) is 0 Å². The topological polar surface area (TPSA) is 32.3 Å². The molecule has 0 saturated heterocycles. The van der Waals surface area contributed by atoms with E-state index in [2.05, 4.69) is 5.32 Å². The fourth-order valence-electron chi connectivity index (χ4n) is 1.79. The molecule has 2 nitrogen and oxygen atoms in total. The van der Waals surface area contributed by atoms with Crippen LogP contribution in [-0.4, -0.2) is 23.9 Å². The number of halogens is 3. The van der Waals surface area contributed by atoms with Crippen molar-refractivity contribution >= 4 is 0 Å². The summed E-state index contributed by atoms with van der Waals surface area (Å²) in [6.07, 6.45) is -2.97. The molecule has 0 aliphatic rings. The van der Waals surface area contributed by atoms with Crippen molar-refractivity contribution in [3.8, 4) is 5.75 Å². The van der Waals surface area contributed by atoms with E-state index >= 15 is 0 Å². The Morgan fingerprint density at radius 1 is 1.21 bits per heavy atom. The molecule has 1 aromatic carbocycles. The van der Waals surface area contributed by atoms with Crippen molar-refractivity contribution in [2.24, 2.45) is 0 Å². The molecule has 0 saturated carbocycles. The van der Waals surface area contributed by atoms with Gasteiger partial charge in [0, 0.05) is 12.5 Å². The van der Waals surface area contributed by atoms with Gasteiger partial charge in [-0.2, -0.15) is 13.2 Å². The second-order valence-corrected chi connectivity index (χ2v) is 4.78. The normalized spacial score (nSPS) is 13.5. The van der Waals surface area contributed by atoms with Crippen LogP contribution in [0.25, 0.3) is 0 Å². The Labute approximate surface area is 111 Å². The zero-order valence-electron chi connectivity index (χ0n) is 11.0. The third-order valence-corrected chi connectivity index (χ3v) is 2.93. The maximum atomic E-state index is 11.9. The molecule has 1 rings (SSSR count). The van der Waals surface area contributed by atoms with Gasteiger partial charge in [-0.15, -0.1) is 0 Å². The average molecular weight is 275 g/mol. The largest absolute Gasteiger partial charge is 0.508 e. The van der Waals surface area contributed by atoms with Crippen molar-refractivity contribution in [3.05, 3.63) is 29.8 Å². The minimum absolute atomic E-state index is 0.118. The van der Waals surface area contributed by atoms with Gasteiger partial charge in [-0.1, -0.05) is 12.1 Å². The van der Waals surface area contributed by atoms with Gasteiger partial charge < -0.3 is 10.4 Å². The molecule has 5 heteroatoms. The highest BCUT2D eigenvalue weighted by Gasteiger charge is 2.25. The molecule has 108 valence electrons. The molecule has 2 N–H and O–H groups in total. The van der Waals surface area contributed by atoms with Gasteiger partial charge in [0.1, 0.15) is 5.75 Å². The molecule has 0 fully saturated rings. The van der Waals surface area contributed by atoms with Gasteiger partial charge in [-0.3, -0.25) is 0 Å². The van der Waals surface area contributed by atoms with Crippen molar-refractivity contribution in [1.29, 1.82) is 0 Å². The quantitative estimate of drug-likeness (QED) is 0.744. The van der Waals surface area contributed by atoms with E-state index in [1.54, 1.807) is 12.1 Å². The molecule has 0 spiro atoms. The Morgan fingerprint density at radius 2 is 1.84 bits per heavy atom. The lowest BCUT2D eigenvalue weighted by Gasteiger charge is -2.14. The zero-order valence-corrected chi connectivity index (χ0v) is 11.0. The number of hydrogen-bond acceptors (Lipinski definition) is 2. The lowest BCUT2D eigenvalue weighted by molar-refractivity contribution is -0.135. The number of nitrogens with one attached hydrogen (secondary N) is 1. The summed E-state index contributed by atoms with van der Waals surface area (Å²) in [4.78, 5) is 0. The lowest BCUT2D eigenvalue weighted by atomic mass is 10.1. The van der Waals surface area contributed by atoms with E-state index in [9.17, 15) is 13.2 Å². The summed E-state index contributed by atoms with van der Waals surface area (Å²) >= 11 is 0. The summed E-state index contributed by atoms with van der Waals surface area (Å²) in [5.74, 6) is 0.238. The summed E-state index contributed by atoms with van der Waals surface area (Å²) in [6, 6.07) is 7.16. The predicted molar refractivity (Wildman–Crippen MR) is 69.2 cm³/mol.